The van der Waals surface area contributed by atoms with E-state index in [1.807, 2.05) is 11.0 Å². The fraction of sp³-hybridized carbons (Fsp3) is 0.500. The summed E-state index contributed by atoms with van der Waals surface area (Å²) in [7, 11) is 0. The van der Waals surface area contributed by atoms with E-state index in [4.69, 9.17) is 0 Å². The van der Waals surface area contributed by atoms with Crippen molar-refractivity contribution in [2.75, 3.05) is 13.1 Å². The lowest BCUT2D eigenvalue weighted by atomic mass is 9.89. The van der Waals surface area contributed by atoms with Crippen molar-refractivity contribution in [2.45, 2.75) is 57.4 Å². The Bertz CT molecular complexity index is 852. The summed E-state index contributed by atoms with van der Waals surface area (Å²) in [6.07, 6.45) is 7.20. The van der Waals surface area contributed by atoms with Crippen LogP contribution in [0.25, 0.3) is 0 Å². The van der Waals surface area contributed by atoms with E-state index in [1.165, 1.54) is 16.7 Å². The number of aryl methyl sites for hydroxylation is 2. The molecule has 0 N–H and O–H groups in total. The van der Waals surface area contributed by atoms with Gasteiger partial charge in [-0.3, -0.25) is 9.59 Å². The highest BCUT2D eigenvalue weighted by atomic mass is 16.2. The van der Waals surface area contributed by atoms with Gasteiger partial charge in [-0.05, 0) is 55.6 Å². The highest BCUT2D eigenvalue weighted by molar-refractivity contribution is 5.76. The SMILES string of the molecule is O=C(Cn1nc2c(cc1=O)CCCCC2)N1CCC(c2ccccc2)CC1. The molecule has 2 aromatic rings. The predicted molar refractivity (Wildman–Crippen MR) is 105 cm³/mol. The second kappa shape index (κ2) is 8.07. The standard InChI is InChI=1S/C22H27N3O2/c26-21-15-19-9-5-2-6-10-20(19)23-25(21)16-22(27)24-13-11-18(12-14-24)17-7-3-1-4-8-17/h1,3-4,7-8,15,18H,2,5-6,9-14,16H2. The third-order valence-electron chi connectivity index (χ3n) is 5.93. The van der Waals surface area contributed by atoms with Crippen molar-refractivity contribution in [3.63, 3.8) is 0 Å². The van der Waals surface area contributed by atoms with E-state index >= 15 is 0 Å². The van der Waals surface area contributed by atoms with Crippen LogP contribution in [0.4, 0.5) is 0 Å². The fourth-order valence-electron chi connectivity index (χ4n) is 4.31. The van der Waals surface area contributed by atoms with Crippen molar-refractivity contribution in [1.29, 1.82) is 0 Å². The maximum absolute atomic E-state index is 12.7. The van der Waals surface area contributed by atoms with Gasteiger partial charge in [-0.2, -0.15) is 5.10 Å². The number of carbonyl (C=O) groups is 1. The van der Waals surface area contributed by atoms with Crippen LogP contribution in [0.1, 0.15) is 54.8 Å². The Balaban J connectivity index is 1.40. The van der Waals surface area contributed by atoms with Crippen LogP contribution >= 0.6 is 0 Å². The van der Waals surface area contributed by atoms with Crippen LogP contribution in [0.2, 0.25) is 0 Å². The molecule has 1 aliphatic carbocycles. The number of hydrogen-bond donors (Lipinski definition) is 0. The Hall–Kier alpha value is -2.43. The minimum absolute atomic E-state index is 0.00434. The number of aromatic nitrogens is 2. The zero-order chi connectivity index (χ0) is 18.6. The number of benzene rings is 1. The average molecular weight is 365 g/mol. The fourth-order valence-corrected chi connectivity index (χ4v) is 4.31. The number of nitrogens with zero attached hydrogens (tertiary/aromatic N) is 3. The Morgan fingerprint density at radius 3 is 2.56 bits per heavy atom. The Morgan fingerprint density at radius 2 is 1.78 bits per heavy atom. The first-order valence-electron chi connectivity index (χ1n) is 10.1. The van der Waals surface area contributed by atoms with Gasteiger partial charge in [0.25, 0.3) is 5.56 Å². The second-order valence-corrected chi connectivity index (χ2v) is 7.74. The molecule has 0 unspecified atom stereocenters. The number of piperidine rings is 1. The first-order valence-corrected chi connectivity index (χ1v) is 10.1. The van der Waals surface area contributed by atoms with Crippen LogP contribution in [0.3, 0.4) is 0 Å². The van der Waals surface area contributed by atoms with Gasteiger partial charge in [0, 0.05) is 19.2 Å². The lowest BCUT2D eigenvalue weighted by Crippen LogP contribution is -2.41. The summed E-state index contributed by atoms with van der Waals surface area (Å²) in [5.41, 5.74) is 3.28. The molecule has 0 radical (unpaired) electrons. The Kier molecular flexibility index (Phi) is 5.37. The number of likely N-dealkylation sites (tertiary alicyclic amines) is 1. The van der Waals surface area contributed by atoms with Crippen molar-refractivity contribution in [3.05, 3.63) is 63.6 Å². The van der Waals surface area contributed by atoms with Crippen molar-refractivity contribution in [1.82, 2.24) is 14.7 Å². The van der Waals surface area contributed by atoms with Crippen LogP contribution in [0, 0.1) is 0 Å². The van der Waals surface area contributed by atoms with Gasteiger partial charge >= 0.3 is 0 Å². The third-order valence-corrected chi connectivity index (χ3v) is 5.93. The minimum atomic E-state index is -0.150. The molecule has 1 fully saturated rings. The molecule has 1 amide bonds. The summed E-state index contributed by atoms with van der Waals surface area (Å²) >= 11 is 0. The van der Waals surface area contributed by atoms with E-state index in [1.54, 1.807) is 6.07 Å². The molecule has 2 aliphatic rings. The van der Waals surface area contributed by atoms with Crippen molar-refractivity contribution >= 4 is 5.91 Å². The molecule has 0 saturated carbocycles. The number of fused-ring (bicyclic) bond motifs is 1. The monoisotopic (exact) mass is 365 g/mol. The normalized spacial score (nSPS) is 18.0. The lowest BCUT2D eigenvalue weighted by molar-refractivity contribution is -0.133. The van der Waals surface area contributed by atoms with E-state index < -0.39 is 0 Å². The molecule has 1 saturated heterocycles. The van der Waals surface area contributed by atoms with Crippen LogP contribution < -0.4 is 5.56 Å². The number of amides is 1. The smallest absolute Gasteiger partial charge is 0.267 e. The van der Waals surface area contributed by atoms with Crippen LogP contribution in [0.15, 0.2) is 41.2 Å². The molecule has 0 bridgehead atoms. The predicted octanol–water partition coefficient (Wildman–Crippen LogP) is 2.92. The topological polar surface area (TPSA) is 55.2 Å². The van der Waals surface area contributed by atoms with Gasteiger partial charge in [0.15, 0.2) is 0 Å². The van der Waals surface area contributed by atoms with Gasteiger partial charge in [0.1, 0.15) is 6.54 Å². The third kappa shape index (κ3) is 4.12. The van der Waals surface area contributed by atoms with E-state index in [-0.39, 0.29) is 18.0 Å². The van der Waals surface area contributed by atoms with E-state index in [2.05, 4.69) is 29.4 Å². The summed E-state index contributed by atoms with van der Waals surface area (Å²) in [6, 6.07) is 12.2. The molecule has 5 nitrogen and oxygen atoms in total. The molecule has 1 aromatic carbocycles. The average Bonchev–Trinajstić information content (AvgIpc) is 2.94. The highest BCUT2D eigenvalue weighted by Gasteiger charge is 2.24. The molecule has 142 valence electrons. The van der Waals surface area contributed by atoms with E-state index in [9.17, 15) is 9.59 Å². The highest BCUT2D eigenvalue weighted by Crippen LogP contribution is 2.27. The molecule has 2 heterocycles. The molecule has 4 rings (SSSR count). The van der Waals surface area contributed by atoms with E-state index in [0.29, 0.717) is 5.92 Å². The van der Waals surface area contributed by atoms with Crippen LogP contribution in [-0.2, 0) is 24.2 Å². The first-order chi connectivity index (χ1) is 13.2. The molecule has 5 heteroatoms. The summed E-state index contributed by atoms with van der Waals surface area (Å²) in [4.78, 5) is 27.0. The summed E-state index contributed by atoms with van der Waals surface area (Å²) < 4.78 is 1.37. The van der Waals surface area contributed by atoms with E-state index in [0.717, 1.165) is 62.9 Å². The summed E-state index contributed by atoms with van der Waals surface area (Å²) in [6.45, 7) is 1.55. The Labute approximate surface area is 160 Å². The molecular formula is C22H27N3O2. The zero-order valence-corrected chi connectivity index (χ0v) is 15.8. The van der Waals surface area contributed by atoms with Crippen molar-refractivity contribution in [3.8, 4) is 0 Å². The molecular weight excluding hydrogens is 338 g/mol. The van der Waals surface area contributed by atoms with Crippen molar-refractivity contribution < 1.29 is 4.79 Å². The quantitative estimate of drug-likeness (QED) is 0.786. The largest absolute Gasteiger partial charge is 0.341 e. The summed E-state index contributed by atoms with van der Waals surface area (Å²) in [5, 5.41) is 4.53. The van der Waals surface area contributed by atoms with Gasteiger partial charge in [-0.15, -0.1) is 0 Å². The van der Waals surface area contributed by atoms with Gasteiger partial charge in [0.2, 0.25) is 5.91 Å². The van der Waals surface area contributed by atoms with Crippen LogP contribution in [0.5, 0.6) is 0 Å². The van der Waals surface area contributed by atoms with Crippen LogP contribution in [-0.4, -0.2) is 33.7 Å². The zero-order valence-electron chi connectivity index (χ0n) is 15.8. The van der Waals surface area contributed by atoms with Gasteiger partial charge < -0.3 is 4.90 Å². The van der Waals surface area contributed by atoms with Gasteiger partial charge in [0.05, 0.1) is 5.69 Å². The molecule has 27 heavy (non-hydrogen) atoms. The summed E-state index contributed by atoms with van der Waals surface area (Å²) in [5.74, 6) is 0.522. The van der Waals surface area contributed by atoms with Crippen molar-refractivity contribution in [2.24, 2.45) is 0 Å². The maximum Gasteiger partial charge on any atom is 0.267 e. The molecule has 0 spiro atoms. The Morgan fingerprint density at radius 1 is 1.04 bits per heavy atom. The molecule has 1 aromatic heterocycles. The molecule has 1 aliphatic heterocycles. The lowest BCUT2D eigenvalue weighted by Gasteiger charge is -2.32. The number of carbonyl (C=O) groups excluding carboxylic acids is 1. The molecule has 0 atom stereocenters. The second-order valence-electron chi connectivity index (χ2n) is 7.74. The first kappa shape index (κ1) is 18.0. The minimum Gasteiger partial charge on any atom is -0.341 e. The maximum atomic E-state index is 12.7. The number of rotatable bonds is 3. The number of hydrogen-bond acceptors (Lipinski definition) is 3. The van der Waals surface area contributed by atoms with Gasteiger partial charge in [-0.1, -0.05) is 36.8 Å². The van der Waals surface area contributed by atoms with Gasteiger partial charge in [-0.25, -0.2) is 4.68 Å².